The molecule has 0 radical (unpaired) electrons. The van der Waals surface area contributed by atoms with Gasteiger partial charge in [-0.3, -0.25) is 9.69 Å². The van der Waals surface area contributed by atoms with E-state index in [9.17, 15) is 4.79 Å². The molecule has 0 aromatic heterocycles. The van der Waals surface area contributed by atoms with Gasteiger partial charge in [0, 0.05) is 36.9 Å². The Morgan fingerprint density at radius 2 is 2.00 bits per heavy atom. The Labute approximate surface area is 125 Å². The van der Waals surface area contributed by atoms with Crippen LogP contribution in [0.4, 0.5) is 5.69 Å². The summed E-state index contributed by atoms with van der Waals surface area (Å²) in [4.78, 5) is 14.8. The molecule has 1 aromatic rings. The molecule has 0 unspecified atom stereocenters. The number of hydrogen-bond donors (Lipinski definition) is 2. The zero-order valence-electron chi connectivity index (χ0n) is 12.3. The lowest BCUT2D eigenvalue weighted by molar-refractivity contribution is -0.126. The van der Waals surface area contributed by atoms with Gasteiger partial charge in [0.1, 0.15) is 0 Å². The zero-order valence-corrected chi connectivity index (χ0v) is 13.0. The third kappa shape index (κ3) is 3.32. The molecule has 1 amide bonds. The van der Waals surface area contributed by atoms with E-state index < -0.39 is 5.54 Å². The standard InChI is InChI=1S/C15H22ClN3O/c1-11-4-5-12(16)10-13(11)18-14(20)15(2,3)19-8-6-17-7-9-19/h4-5,10,17H,6-9H2,1-3H3,(H,18,20). The normalized spacial score (nSPS) is 17.0. The Balaban J connectivity index is 2.11. The molecule has 1 fully saturated rings. The highest BCUT2D eigenvalue weighted by molar-refractivity contribution is 6.31. The maximum Gasteiger partial charge on any atom is 0.244 e. The summed E-state index contributed by atoms with van der Waals surface area (Å²) >= 11 is 5.99. The zero-order chi connectivity index (χ0) is 14.8. The van der Waals surface area contributed by atoms with Crippen molar-refractivity contribution >= 4 is 23.2 Å². The molecule has 0 atom stereocenters. The first-order chi connectivity index (χ1) is 9.41. The van der Waals surface area contributed by atoms with Crippen molar-refractivity contribution in [3.63, 3.8) is 0 Å². The van der Waals surface area contributed by atoms with Crippen molar-refractivity contribution < 1.29 is 4.79 Å². The predicted molar refractivity (Wildman–Crippen MR) is 83.3 cm³/mol. The molecule has 2 rings (SSSR count). The lowest BCUT2D eigenvalue weighted by Crippen LogP contribution is -2.58. The Kier molecular flexibility index (Phi) is 4.68. The van der Waals surface area contributed by atoms with Crippen molar-refractivity contribution in [2.75, 3.05) is 31.5 Å². The van der Waals surface area contributed by atoms with Gasteiger partial charge in [0.25, 0.3) is 0 Å². The van der Waals surface area contributed by atoms with Crippen LogP contribution in [-0.2, 0) is 4.79 Å². The van der Waals surface area contributed by atoms with Crippen LogP contribution in [-0.4, -0.2) is 42.5 Å². The van der Waals surface area contributed by atoms with E-state index in [2.05, 4.69) is 15.5 Å². The molecule has 0 spiro atoms. The fourth-order valence-electron chi connectivity index (χ4n) is 2.37. The van der Waals surface area contributed by atoms with Crippen LogP contribution in [0.2, 0.25) is 5.02 Å². The van der Waals surface area contributed by atoms with Crippen LogP contribution in [0, 0.1) is 6.92 Å². The summed E-state index contributed by atoms with van der Waals surface area (Å²) in [6.45, 7) is 9.51. The molecule has 0 saturated carbocycles. The van der Waals surface area contributed by atoms with Gasteiger partial charge in [-0.25, -0.2) is 0 Å². The Morgan fingerprint density at radius 1 is 1.35 bits per heavy atom. The van der Waals surface area contributed by atoms with E-state index in [-0.39, 0.29) is 5.91 Å². The predicted octanol–water partition coefficient (Wildman–Crippen LogP) is 2.27. The first-order valence-electron chi connectivity index (χ1n) is 6.94. The summed E-state index contributed by atoms with van der Waals surface area (Å²) in [6.07, 6.45) is 0. The van der Waals surface area contributed by atoms with E-state index in [4.69, 9.17) is 11.6 Å². The number of amides is 1. The molecule has 110 valence electrons. The second-order valence-corrected chi connectivity index (χ2v) is 6.15. The van der Waals surface area contributed by atoms with Crippen molar-refractivity contribution in [3.05, 3.63) is 28.8 Å². The highest BCUT2D eigenvalue weighted by Crippen LogP contribution is 2.23. The smallest absolute Gasteiger partial charge is 0.244 e. The molecule has 1 saturated heterocycles. The van der Waals surface area contributed by atoms with Crippen LogP contribution in [0.5, 0.6) is 0 Å². The van der Waals surface area contributed by atoms with Crippen LogP contribution in [0.25, 0.3) is 0 Å². The first-order valence-corrected chi connectivity index (χ1v) is 7.32. The molecule has 20 heavy (non-hydrogen) atoms. The highest BCUT2D eigenvalue weighted by Gasteiger charge is 2.35. The molecule has 0 bridgehead atoms. The number of nitrogens with one attached hydrogen (secondary N) is 2. The van der Waals surface area contributed by atoms with E-state index >= 15 is 0 Å². The highest BCUT2D eigenvalue weighted by atomic mass is 35.5. The van der Waals surface area contributed by atoms with Crippen LogP contribution in [0.3, 0.4) is 0 Å². The van der Waals surface area contributed by atoms with Gasteiger partial charge in [0.15, 0.2) is 0 Å². The first kappa shape index (κ1) is 15.3. The van der Waals surface area contributed by atoms with Crippen LogP contribution < -0.4 is 10.6 Å². The number of halogens is 1. The topological polar surface area (TPSA) is 44.4 Å². The molecule has 5 heteroatoms. The van der Waals surface area contributed by atoms with Crippen molar-refractivity contribution in [1.82, 2.24) is 10.2 Å². The summed E-state index contributed by atoms with van der Waals surface area (Å²) in [5.41, 5.74) is 1.27. The quantitative estimate of drug-likeness (QED) is 0.899. The number of nitrogens with zero attached hydrogens (tertiary/aromatic N) is 1. The summed E-state index contributed by atoms with van der Waals surface area (Å²) in [6, 6.07) is 5.53. The lowest BCUT2D eigenvalue weighted by atomic mass is 10.00. The summed E-state index contributed by atoms with van der Waals surface area (Å²) in [7, 11) is 0. The molecular formula is C15H22ClN3O. The van der Waals surface area contributed by atoms with Crippen LogP contribution in [0.15, 0.2) is 18.2 Å². The minimum Gasteiger partial charge on any atom is -0.324 e. The Hall–Kier alpha value is -1.10. The van der Waals surface area contributed by atoms with Crippen LogP contribution >= 0.6 is 11.6 Å². The summed E-state index contributed by atoms with van der Waals surface area (Å²) < 4.78 is 0. The van der Waals surface area contributed by atoms with Gasteiger partial charge in [-0.1, -0.05) is 17.7 Å². The number of rotatable bonds is 3. The third-order valence-corrected chi connectivity index (χ3v) is 4.15. The average molecular weight is 296 g/mol. The number of carbonyl (C=O) groups is 1. The molecule has 1 aliphatic rings. The van der Waals surface area contributed by atoms with Crippen molar-refractivity contribution in [3.8, 4) is 0 Å². The second-order valence-electron chi connectivity index (χ2n) is 5.71. The van der Waals surface area contributed by atoms with Gasteiger partial charge < -0.3 is 10.6 Å². The molecule has 0 aliphatic carbocycles. The maximum absolute atomic E-state index is 12.6. The molecule has 1 heterocycles. The second kappa shape index (κ2) is 6.12. The number of piperazine rings is 1. The maximum atomic E-state index is 12.6. The lowest BCUT2D eigenvalue weighted by Gasteiger charge is -2.39. The van der Waals surface area contributed by atoms with E-state index in [0.717, 1.165) is 37.4 Å². The largest absolute Gasteiger partial charge is 0.324 e. The molecule has 4 nitrogen and oxygen atoms in total. The minimum absolute atomic E-state index is 0.00441. The van der Waals surface area contributed by atoms with Gasteiger partial charge in [0.05, 0.1) is 5.54 Å². The van der Waals surface area contributed by atoms with Gasteiger partial charge in [0.2, 0.25) is 5.91 Å². The van der Waals surface area contributed by atoms with Crippen molar-refractivity contribution in [2.45, 2.75) is 26.3 Å². The summed E-state index contributed by atoms with van der Waals surface area (Å²) in [5, 5.41) is 6.93. The third-order valence-electron chi connectivity index (χ3n) is 3.91. The number of anilines is 1. The number of benzene rings is 1. The molecule has 2 N–H and O–H groups in total. The number of hydrogen-bond acceptors (Lipinski definition) is 3. The Bertz CT molecular complexity index is 496. The van der Waals surface area contributed by atoms with Crippen LogP contribution in [0.1, 0.15) is 19.4 Å². The monoisotopic (exact) mass is 295 g/mol. The van der Waals surface area contributed by atoms with Gasteiger partial charge in [-0.05, 0) is 38.5 Å². The van der Waals surface area contributed by atoms with Gasteiger partial charge in [-0.15, -0.1) is 0 Å². The SMILES string of the molecule is Cc1ccc(Cl)cc1NC(=O)C(C)(C)N1CCNCC1. The fraction of sp³-hybridized carbons (Fsp3) is 0.533. The fourth-order valence-corrected chi connectivity index (χ4v) is 2.54. The average Bonchev–Trinajstić information content (AvgIpc) is 2.43. The van der Waals surface area contributed by atoms with E-state index in [0.29, 0.717) is 5.02 Å². The van der Waals surface area contributed by atoms with E-state index in [1.54, 1.807) is 6.07 Å². The van der Waals surface area contributed by atoms with Gasteiger partial charge >= 0.3 is 0 Å². The van der Waals surface area contributed by atoms with Crippen molar-refractivity contribution in [1.29, 1.82) is 0 Å². The molecule has 1 aromatic carbocycles. The molecule has 1 aliphatic heterocycles. The van der Waals surface area contributed by atoms with Crippen molar-refractivity contribution in [2.24, 2.45) is 0 Å². The Morgan fingerprint density at radius 3 is 2.65 bits per heavy atom. The number of aryl methyl sites for hydroxylation is 1. The van der Waals surface area contributed by atoms with E-state index in [1.807, 2.05) is 32.9 Å². The number of carbonyl (C=O) groups excluding carboxylic acids is 1. The summed E-state index contributed by atoms with van der Waals surface area (Å²) in [5.74, 6) is 0.00441. The molecular weight excluding hydrogens is 274 g/mol. The van der Waals surface area contributed by atoms with E-state index in [1.165, 1.54) is 0 Å². The van der Waals surface area contributed by atoms with Gasteiger partial charge in [-0.2, -0.15) is 0 Å². The minimum atomic E-state index is -0.531.